The number of carboxylic acids is 1. The Bertz CT molecular complexity index is 565. The molecule has 0 aliphatic carbocycles. The van der Waals surface area contributed by atoms with Crippen molar-refractivity contribution in [3.8, 4) is 0 Å². The summed E-state index contributed by atoms with van der Waals surface area (Å²) >= 11 is 0. The zero-order valence-corrected chi connectivity index (χ0v) is 11.2. The Hall–Kier alpha value is -2.31. The molecule has 0 atom stereocenters. The molecular weight excluding hydrogens is 287 g/mol. The minimum atomic E-state index is -4.33. The predicted octanol–water partition coefficient (Wildman–Crippen LogP) is 2.78. The van der Waals surface area contributed by atoms with E-state index < -0.39 is 31.0 Å². The summed E-state index contributed by atoms with van der Waals surface area (Å²) in [7, 11) is 0. The van der Waals surface area contributed by atoms with Crippen molar-refractivity contribution in [3.05, 3.63) is 41.0 Å². The van der Waals surface area contributed by atoms with E-state index in [0.29, 0.717) is 11.1 Å². The highest BCUT2D eigenvalue weighted by Gasteiger charge is 2.26. The van der Waals surface area contributed by atoms with Crippen molar-refractivity contribution >= 4 is 18.0 Å². The third kappa shape index (κ3) is 6.11. The molecule has 0 unspecified atom stereocenters. The quantitative estimate of drug-likeness (QED) is 0.822. The van der Waals surface area contributed by atoms with Gasteiger partial charge in [0.1, 0.15) is 0 Å². The molecule has 1 aromatic carbocycles. The van der Waals surface area contributed by atoms with Crippen LogP contribution in [-0.4, -0.2) is 29.7 Å². The van der Waals surface area contributed by atoms with Crippen molar-refractivity contribution in [3.63, 3.8) is 0 Å². The van der Waals surface area contributed by atoms with Gasteiger partial charge in [0.15, 0.2) is 0 Å². The molecule has 0 bridgehead atoms. The molecule has 7 heteroatoms. The van der Waals surface area contributed by atoms with E-state index in [1.165, 1.54) is 12.1 Å². The second-order valence-electron chi connectivity index (χ2n) is 4.37. The maximum Gasteiger partial charge on any atom is 0.390 e. The zero-order valence-electron chi connectivity index (χ0n) is 11.2. The summed E-state index contributed by atoms with van der Waals surface area (Å²) in [6, 6.07) is 4.64. The number of halogens is 3. The summed E-state index contributed by atoms with van der Waals surface area (Å²) in [5.41, 5.74) is 1.28. The molecule has 114 valence electrons. The summed E-state index contributed by atoms with van der Waals surface area (Å²) in [5.74, 6) is -1.76. The lowest BCUT2D eigenvalue weighted by molar-refractivity contribution is -0.133. The number of rotatable bonds is 5. The number of carboxylic acid groups (broad SMARTS) is 1. The van der Waals surface area contributed by atoms with E-state index in [4.69, 9.17) is 5.11 Å². The monoisotopic (exact) mass is 301 g/mol. The van der Waals surface area contributed by atoms with Crippen LogP contribution in [0, 0.1) is 6.92 Å². The highest BCUT2D eigenvalue weighted by molar-refractivity contribution is 5.96. The molecule has 0 aromatic heterocycles. The van der Waals surface area contributed by atoms with Crippen LogP contribution in [0.2, 0.25) is 0 Å². The smallest absolute Gasteiger partial charge is 0.390 e. The SMILES string of the molecule is Cc1ccc(C=CC(=O)O)cc1C(=O)NCCC(F)(F)F. The van der Waals surface area contributed by atoms with Crippen LogP contribution in [0.5, 0.6) is 0 Å². The standard InChI is InChI=1S/C14H14F3NO3/c1-9-2-3-10(4-5-12(19)20)8-11(9)13(21)18-7-6-14(15,16)17/h2-5,8H,6-7H2,1H3,(H,18,21)(H,19,20). The molecule has 21 heavy (non-hydrogen) atoms. The summed E-state index contributed by atoms with van der Waals surface area (Å²) in [6.07, 6.45) is -3.21. The van der Waals surface area contributed by atoms with Crippen LogP contribution in [0.3, 0.4) is 0 Å². The van der Waals surface area contributed by atoms with Crippen molar-refractivity contribution in [2.75, 3.05) is 6.54 Å². The molecule has 0 aliphatic heterocycles. The molecule has 0 spiro atoms. The average molecular weight is 301 g/mol. The van der Waals surface area contributed by atoms with E-state index in [1.54, 1.807) is 19.1 Å². The Morgan fingerprint density at radius 2 is 2.00 bits per heavy atom. The van der Waals surface area contributed by atoms with Crippen LogP contribution in [0.1, 0.15) is 27.9 Å². The number of aliphatic carboxylic acids is 1. The Kier molecular flexibility index (Phi) is 5.52. The third-order valence-corrected chi connectivity index (χ3v) is 2.62. The van der Waals surface area contributed by atoms with E-state index in [-0.39, 0.29) is 5.56 Å². The summed E-state index contributed by atoms with van der Waals surface area (Å²) in [4.78, 5) is 22.2. The van der Waals surface area contributed by atoms with Crippen molar-refractivity contribution in [2.45, 2.75) is 19.5 Å². The van der Waals surface area contributed by atoms with Gasteiger partial charge in [0.25, 0.3) is 5.91 Å². The summed E-state index contributed by atoms with van der Waals surface area (Å²) in [6.45, 7) is 1.14. The van der Waals surface area contributed by atoms with Gasteiger partial charge in [0, 0.05) is 18.2 Å². The first-order valence-electron chi connectivity index (χ1n) is 6.05. The lowest BCUT2D eigenvalue weighted by Gasteiger charge is -2.10. The number of hydrogen-bond donors (Lipinski definition) is 2. The van der Waals surface area contributed by atoms with Crippen LogP contribution in [0.25, 0.3) is 6.08 Å². The van der Waals surface area contributed by atoms with E-state index >= 15 is 0 Å². The molecule has 0 fully saturated rings. The highest BCUT2D eigenvalue weighted by atomic mass is 19.4. The van der Waals surface area contributed by atoms with Gasteiger partial charge in [-0.2, -0.15) is 13.2 Å². The fourth-order valence-corrected chi connectivity index (χ4v) is 1.57. The molecule has 0 aliphatic rings. The largest absolute Gasteiger partial charge is 0.478 e. The highest BCUT2D eigenvalue weighted by Crippen LogP contribution is 2.18. The normalized spacial score (nSPS) is 11.6. The van der Waals surface area contributed by atoms with Gasteiger partial charge in [-0.05, 0) is 30.2 Å². The number of amides is 1. The van der Waals surface area contributed by atoms with Gasteiger partial charge in [-0.3, -0.25) is 4.79 Å². The van der Waals surface area contributed by atoms with Crippen LogP contribution >= 0.6 is 0 Å². The van der Waals surface area contributed by atoms with Crippen molar-refractivity contribution in [1.82, 2.24) is 5.32 Å². The van der Waals surface area contributed by atoms with Gasteiger partial charge >= 0.3 is 12.1 Å². The molecule has 2 N–H and O–H groups in total. The molecule has 1 amide bonds. The molecule has 4 nitrogen and oxygen atoms in total. The van der Waals surface area contributed by atoms with E-state index in [0.717, 1.165) is 6.08 Å². The number of benzene rings is 1. The van der Waals surface area contributed by atoms with Gasteiger partial charge in [-0.15, -0.1) is 0 Å². The van der Waals surface area contributed by atoms with Crippen LogP contribution in [-0.2, 0) is 4.79 Å². The minimum Gasteiger partial charge on any atom is -0.478 e. The van der Waals surface area contributed by atoms with Crippen molar-refractivity contribution in [1.29, 1.82) is 0 Å². The van der Waals surface area contributed by atoms with Gasteiger partial charge in [-0.1, -0.05) is 12.1 Å². The van der Waals surface area contributed by atoms with E-state index in [1.807, 2.05) is 0 Å². The Labute approximate surface area is 119 Å². The molecule has 1 aromatic rings. The predicted molar refractivity (Wildman–Crippen MR) is 70.9 cm³/mol. The van der Waals surface area contributed by atoms with E-state index in [9.17, 15) is 22.8 Å². The maximum absolute atomic E-state index is 12.0. The average Bonchev–Trinajstić information content (AvgIpc) is 2.36. The minimum absolute atomic E-state index is 0.213. The number of hydrogen-bond acceptors (Lipinski definition) is 2. The summed E-state index contributed by atoms with van der Waals surface area (Å²) < 4.78 is 36.0. The number of nitrogens with one attached hydrogen (secondary N) is 1. The lowest BCUT2D eigenvalue weighted by atomic mass is 10.0. The number of carbonyl (C=O) groups excluding carboxylic acids is 1. The molecule has 0 heterocycles. The first-order valence-corrected chi connectivity index (χ1v) is 6.05. The third-order valence-electron chi connectivity index (χ3n) is 2.62. The maximum atomic E-state index is 12.0. The Morgan fingerprint density at radius 3 is 2.57 bits per heavy atom. The van der Waals surface area contributed by atoms with Crippen LogP contribution < -0.4 is 5.32 Å². The second kappa shape index (κ2) is 6.92. The molecular formula is C14H14F3NO3. The van der Waals surface area contributed by atoms with Crippen LogP contribution in [0.15, 0.2) is 24.3 Å². The van der Waals surface area contributed by atoms with Gasteiger partial charge in [-0.25, -0.2) is 4.79 Å². The van der Waals surface area contributed by atoms with Gasteiger partial charge < -0.3 is 10.4 Å². The van der Waals surface area contributed by atoms with Crippen molar-refractivity contribution < 1.29 is 27.9 Å². The second-order valence-corrected chi connectivity index (χ2v) is 4.37. The lowest BCUT2D eigenvalue weighted by Crippen LogP contribution is -2.28. The topological polar surface area (TPSA) is 66.4 Å². The first kappa shape index (κ1) is 16.7. The van der Waals surface area contributed by atoms with Crippen molar-refractivity contribution in [2.24, 2.45) is 0 Å². The first-order chi connectivity index (χ1) is 9.69. The number of aryl methyl sites for hydroxylation is 1. The van der Waals surface area contributed by atoms with Gasteiger partial charge in [0.2, 0.25) is 0 Å². The molecule has 0 saturated heterocycles. The zero-order chi connectivity index (χ0) is 16.0. The number of carbonyl (C=O) groups is 2. The molecule has 0 saturated carbocycles. The number of alkyl halides is 3. The molecule has 0 radical (unpaired) electrons. The van der Waals surface area contributed by atoms with Gasteiger partial charge in [0.05, 0.1) is 6.42 Å². The molecule has 1 rings (SSSR count). The fourth-order valence-electron chi connectivity index (χ4n) is 1.57. The summed E-state index contributed by atoms with van der Waals surface area (Å²) in [5, 5.41) is 10.7. The van der Waals surface area contributed by atoms with E-state index in [2.05, 4.69) is 5.32 Å². The Morgan fingerprint density at radius 1 is 1.33 bits per heavy atom. The fraction of sp³-hybridized carbons (Fsp3) is 0.286. The van der Waals surface area contributed by atoms with Crippen LogP contribution in [0.4, 0.5) is 13.2 Å². The Balaban J connectivity index is 2.79.